The fourth-order valence-electron chi connectivity index (χ4n) is 1.55. The Labute approximate surface area is 166 Å². The van der Waals surface area contributed by atoms with E-state index in [4.69, 9.17) is 14.9 Å². The highest BCUT2D eigenvalue weighted by Gasteiger charge is 2.27. The molecule has 0 aliphatic carbocycles. The van der Waals surface area contributed by atoms with Crippen LogP contribution in [0.15, 0.2) is 0 Å². The zero-order chi connectivity index (χ0) is 22.6. The molecule has 29 heavy (non-hydrogen) atoms. The zero-order valence-corrected chi connectivity index (χ0v) is 18.2. The van der Waals surface area contributed by atoms with E-state index >= 15 is 0 Å². The van der Waals surface area contributed by atoms with Gasteiger partial charge in [-0.05, 0) is 6.42 Å². The van der Waals surface area contributed by atoms with Crippen LogP contribution in [0, 0.1) is 11.8 Å². The molecule has 4 unspecified atom stereocenters. The second-order valence-corrected chi connectivity index (χ2v) is 9.79. The molecule has 0 saturated carbocycles. The number of hydrogen-bond donors (Lipinski definition) is 6. The molecule has 4 atom stereocenters. The molecular weight excluding hydrogens is 466 g/mol. The first-order valence-corrected chi connectivity index (χ1v) is 12.7. The van der Waals surface area contributed by atoms with Crippen LogP contribution < -0.4 is 5.54 Å². The summed E-state index contributed by atoms with van der Waals surface area (Å²) in [4.78, 5) is 36.2. The molecule has 0 aromatic rings. The maximum Gasteiger partial charge on any atom is 0.472 e. The first-order chi connectivity index (χ1) is 13.3. The quantitative estimate of drug-likeness (QED) is 0.0871. The Kier molecular flexibility index (Phi) is 14.4. The molecular formula is C11H27FNO13P3. The van der Waals surface area contributed by atoms with Gasteiger partial charge < -0.3 is 24.7 Å². The molecule has 0 aromatic carbocycles. The van der Waals surface area contributed by atoms with Crippen molar-refractivity contribution in [1.29, 1.82) is 0 Å². The van der Waals surface area contributed by atoms with Crippen LogP contribution in [0.3, 0.4) is 0 Å². The third kappa shape index (κ3) is 16.5. The van der Waals surface area contributed by atoms with Gasteiger partial charge in [-0.25, -0.2) is 13.7 Å². The second-order valence-electron chi connectivity index (χ2n) is 5.64. The average molecular weight is 493 g/mol. The van der Waals surface area contributed by atoms with Crippen molar-refractivity contribution in [3.63, 3.8) is 0 Å². The molecule has 0 aliphatic heterocycles. The number of phosphoric acid groups is 3. The number of nitrogens with one attached hydrogen (secondary N) is 1. The minimum Gasteiger partial charge on any atom is -0.396 e. The first-order valence-electron chi connectivity index (χ1n) is 8.22. The van der Waals surface area contributed by atoms with E-state index in [1.807, 2.05) is 0 Å². The fraction of sp³-hybridized carbons (Fsp3) is 1.00. The number of halogens is 1. The predicted molar refractivity (Wildman–Crippen MR) is 94.9 cm³/mol. The van der Waals surface area contributed by atoms with Crippen LogP contribution in [0.25, 0.3) is 0 Å². The van der Waals surface area contributed by atoms with Crippen LogP contribution in [-0.2, 0) is 36.3 Å². The Morgan fingerprint density at radius 2 is 1.28 bits per heavy atom. The topological polar surface area (TPSA) is 211 Å². The lowest BCUT2D eigenvalue weighted by atomic mass is 10.1. The highest BCUT2D eigenvalue weighted by molar-refractivity contribution is 7.47. The molecule has 0 aliphatic rings. The van der Waals surface area contributed by atoms with E-state index in [2.05, 4.69) is 22.6 Å². The Morgan fingerprint density at radius 3 is 1.66 bits per heavy atom. The number of phosphoric ester groups is 3. The van der Waals surface area contributed by atoms with Gasteiger partial charge in [0.1, 0.15) is 0 Å². The SMILES string of the molecule is CCC(COP(=O)(O)O)COP(=O)(O)OCCOP(=O)(O)OCC(CO)CNF. The number of aliphatic hydroxyl groups is 1. The normalized spacial score (nSPS) is 18.7. The van der Waals surface area contributed by atoms with Gasteiger partial charge in [-0.1, -0.05) is 6.92 Å². The summed E-state index contributed by atoms with van der Waals surface area (Å²) >= 11 is 0. The van der Waals surface area contributed by atoms with E-state index in [0.29, 0.717) is 6.42 Å². The lowest BCUT2D eigenvalue weighted by Gasteiger charge is -2.18. The summed E-state index contributed by atoms with van der Waals surface area (Å²) in [6.45, 7) is -1.76. The molecule has 0 amide bonds. The third-order valence-corrected chi connectivity index (χ3v) is 5.67. The van der Waals surface area contributed by atoms with Crippen molar-refractivity contribution in [2.75, 3.05) is 46.2 Å². The Bertz CT molecular complexity index is 590. The predicted octanol–water partition coefficient (Wildman–Crippen LogP) is 0.472. The van der Waals surface area contributed by atoms with Crippen LogP contribution in [0.5, 0.6) is 0 Å². The molecule has 0 fully saturated rings. The maximum atomic E-state index is 11.9. The van der Waals surface area contributed by atoms with E-state index in [-0.39, 0.29) is 6.54 Å². The van der Waals surface area contributed by atoms with Crippen molar-refractivity contribution >= 4 is 23.5 Å². The molecule has 18 heteroatoms. The van der Waals surface area contributed by atoms with Crippen LogP contribution >= 0.6 is 23.5 Å². The highest BCUT2D eigenvalue weighted by Crippen LogP contribution is 2.46. The van der Waals surface area contributed by atoms with Crippen molar-refractivity contribution < 1.29 is 65.5 Å². The number of hydrogen-bond acceptors (Lipinski definition) is 10. The van der Waals surface area contributed by atoms with Crippen molar-refractivity contribution in [3.8, 4) is 0 Å². The summed E-state index contributed by atoms with van der Waals surface area (Å²) in [6, 6.07) is 0. The third-order valence-electron chi connectivity index (χ3n) is 3.22. The van der Waals surface area contributed by atoms with Crippen LogP contribution in [0.4, 0.5) is 4.48 Å². The van der Waals surface area contributed by atoms with Gasteiger partial charge in [0.2, 0.25) is 0 Å². The summed E-state index contributed by atoms with van der Waals surface area (Å²) in [6.07, 6.45) is 0.320. The molecule has 14 nitrogen and oxygen atoms in total. The van der Waals surface area contributed by atoms with Crippen molar-refractivity contribution in [2.45, 2.75) is 13.3 Å². The minimum atomic E-state index is -4.69. The van der Waals surface area contributed by atoms with Gasteiger partial charge in [0.05, 0.1) is 33.0 Å². The van der Waals surface area contributed by atoms with Gasteiger partial charge >= 0.3 is 23.5 Å². The Balaban J connectivity index is 4.21. The monoisotopic (exact) mass is 493 g/mol. The highest BCUT2D eigenvalue weighted by atomic mass is 31.2. The molecule has 0 heterocycles. The van der Waals surface area contributed by atoms with Gasteiger partial charge in [-0.3, -0.25) is 22.6 Å². The molecule has 0 spiro atoms. The van der Waals surface area contributed by atoms with Gasteiger partial charge in [0, 0.05) is 25.0 Å². The molecule has 6 N–H and O–H groups in total. The van der Waals surface area contributed by atoms with Gasteiger partial charge in [0.25, 0.3) is 0 Å². The van der Waals surface area contributed by atoms with Crippen molar-refractivity contribution in [2.24, 2.45) is 11.8 Å². The van der Waals surface area contributed by atoms with Crippen LogP contribution in [0.2, 0.25) is 0 Å². The van der Waals surface area contributed by atoms with E-state index in [0.717, 1.165) is 0 Å². The molecule has 176 valence electrons. The average Bonchev–Trinajstić information content (AvgIpc) is 2.61. The summed E-state index contributed by atoms with van der Waals surface area (Å²) in [5.74, 6) is -1.40. The zero-order valence-electron chi connectivity index (χ0n) is 15.5. The number of aliphatic hydroxyl groups excluding tert-OH is 1. The molecule has 0 saturated heterocycles. The van der Waals surface area contributed by atoms with Crippen molar-refractivity contribution in [3.05, 3.63) is 0 Å². The second kappa shape index (κ2) is 14.3. The Hall–Kier alpha value is 0.180. The van der Waals surface area contributed by atoms with E-state index in [9.17, 15) is 28.0 Å². The van der Waals surface area contributed by atoms with Gasteiger partial charge in [-0.2, -0.15) is 5.54 Å². The lowest BCUT2D eigenvalue weighted by Crippen LogP contribution is -2.24. The summed E-state index contributed by atoms with van der Waals surface area (Å²) in [5, 5.41) is 8.90. The molecule has 0 rings (SSSR count). The standard InChI is InChI=1S/C11H27FNO13P3/c1-2-10(7-24-27(15,16)17)8-25-28(18,19)22-3-4-23-29(20,21)26-9-11(6-14)5-13-12/h10-11,13-14H,2-9H2,1H3,(H,18,19)(H,20,21)(H2,15,16,17). The van der Waals surface area contributed by atoms with E-state index < -0.39 is 74.9 Å². The van der Waals surface area contributed by atoms with E-state index in [1.165, 1.54) is 5.54 Å². The minimum absolute atomic E-state index is 0.317. The Morgan fingerprint density at radius 1 is 0.828 bits per heavy atom. The fourth-order valence-corrected chi connectivity index (χ4v) is 3.51. The summed E-state index contributed by atoms with van der Waals surface area (Å²) in [5.41, 5.74) is 1.27. The maximum absolute atomic E-state index is 11.9. The summed E-state index contributed by atoms with van der Waals surface area (Å²) in [7, 11) is -13.8. The largest absolute Gasteiger partial charge is 0.472 e. The first kappa shape index (κ1) is 29.2. The molecule has 0 bridgehead atoms. The molecule has 0 radical (unpaired) electrons. The van der Waals surface area contributed by atoms with Crippen LogP contribution in [-0.4, -0.2) is 70.9 Å². The van der Waals surface area contributed by atoms with E-state index in [1.54, 1.807) is 6.92 Å². The van der Waals surface area contributed by atoms with Gasteiger partial charge in [-0.15, -0.1) is 4.48 Å². The van der Waals surface area contributed by atoms with Crippen LogP contribution in [0.1, 0.15) is 13.3 Å². The summed E-state index contributed by atoms with van der Waals surface area (Å²) < 4.78 is 68.4. The van der Waals surface area contributed by atoms with Crippen molar-refractivity contribution in [1.82, 2.24) is 5.54 Å². The van der Waals surface area contributed by atoms with Gasteiger partial charge in [0.15, 0.2) is 0 Å². The number of rotatable bonds is 18. The lowest BCUT2D eigenvalue weighted by molar-refractivity contribution is 0.0748. The smallest absolute Gasteiger partial charge is 0.396 e. The molecule has 0 aromatic heterocycles.